The van der Waals surface area contributed by atoms with E-state index < -0.39 is 0 Å². The van der Waals surface area contributed by atoms with Gasteiger partial charge in [0.1, 0.15) is 12.2 Å². The minimum Gasteiger partial charge on any atom is -0.311 e. The van der Waals surface area contributed by atoms with E-state index in [4.69, 9.17) is 0 Å². The average molecular weight is 231 g/mol. The van der Waals surface area contributed by atoms with E-state index in [1.807, 2.05) is 26.4 Å². The zero-order valence-corrected chi connectivity index (χ0v) is 10.4. The van der Waals surface area contributed by atoms with E-state index in [9.17, 15) is 0 Å². The minimum atomic E-state index is 0.166. The molecule has 90 valence electrons. The number of nitrogens with one attached hydrogen (secondary N) is 1. The summed E-state index contributed by atoms with van der Waals surface area (Å²) in [6.07, 6.45) is 4.18. The third-order valence-corrected chi connectivity index (χ3v) is 2.92. The van der Waals surface area contributed by atoms with Crippen LogP contribution in [0.2, 0.25) is 0 Å². The summed E-state index contributed by atoms with van der Waals surface area (Å²) >= 11 is 0. The van der Waals surface area contributed by atoms with Crippen LogP contribution >= 0.6 is 0 Å². The number of pyridine rings is 1. The van der Waals surface area contributed by atoms with Gasteiger partial charge in [-0.15, -0.1) is 0 Å². The first-order valence-corrected chi connectivity index (χ1v) is 5.64. The summed E-state index contributed by atoms with van der Waals surface area (Å²) < 4.78 is 1.79. The van der Waals surface area contributed by atoms with Gasteiger partial charge in [0.05, 0.1) is 11.7 Å². The first-order valence-electron chi connectivity index (χ1n) is 5.64. The largest absolute Gasteiger partial charge is 0.311 e. The SMILES string of the molecule is CNC(Cc1ncnn1C)c1ncccc1C. The van der Waals surface area contributed by atoms with Crippen molar-refractivity contribution in [3.05, 3.63) is 41.7 Å². The highest BCUT2D eigenvalue weighted by molar-refractivity contribution is 5.21. The molecule has 0 spiro atoms. The van der Waals surface area contributed by atoms with Gasteiger partial charge in [0.15, 0.2) is 0 Å². The molecular weight excluding hydrogens is 214 g/mol. The van der Waals surface area contributed by atoms with Gasteiger partial charge in [-0.25, -0.2) is 4.98 Å². The van der Waals surface area contributed by atoms with Crippen LogP contribution in [0, 0.1) is 6.92 Å². The summed E-state index contributed by atoms with van der Waals surface area (Å²) in [5.74, 6) is 0.953. The predicted octanol–water partition coefficient (Wildman–Crippen LogP) is 1.02. The summed E-state index contributed by atoms with van der Waals surface area (Å²) in [6.45, 7) is 2.07. The molecule has 0 amide bonds. The number of hydrogen-bond donors (Lipinski definition) is 1. The molecule has 0 radical (unpaired) electrons. The van der Waals surface area contributed by atoms with Gasteiger partial charge in [-0.05, 0) is 25.6 Å². The number of hydrogen-bond acceptors (Lipinski definition) is 4. The zero-order chi connectivity index (χ0) is 12.3. The molecule has 0 bridgehead atoms. The van der Waals surface area contributed by atoms with Gasteiger partial charge in [0.2, 0.25) is 0 Å². The molecule has 0 fully saturated rings. The van der Waals surface area contributed by atoms with E-state index >= 15 is 0 Å². The van der Waals surface area contributed by atoms with Crippen LogP contribution in [0.5, 0.6) is 0 Å². The van der Waals surface area contributed by atoms with Crippen molar-refractivity contribution in [2.75, 3.05) is 7.05 Å². The van der Waals surface area contributed by atoms with E-state index in [1.165, 1.54) is 5.56 Å². The van der Waals surface area contributed by atoms with E-state index in [0.717, 1.165) is 17.9 Å². The van der Waals surface area contributed by atoms with Crippen molar-refractivity contribution >= 4 is 0 Å². The lowest BCUT2D eigenvalue weighted by atomic mass is 10.0. The third-order valence-electron chi connectivity index (χ3n) is 2.92. The van der Waals surface area contributed by atoms with Crippen LogP contribution in [0.15, 0.2) is 24.7 Å². The number of likely N-dealkylation sites (N-methyl/N-ethyl adjacent to an activating group) is 1. The number of nitrogens with zero attached hydrogens (tertiary/aromatic N) is 4. The second kappa shape index (κ2) is 5.05. The van der Waals surface area contributed by atoms with Crippen molar-refractivity contribution in [1.29, 1.82) is 0 Å². The normalized spacial score (nSPS) is 12.6. The number of aromatic nitrogens is 4. The molecular formula is C12H17N5. The van der Waals surface area contributed by atoms with Gasteiger partial charge in [-0.1, -0.05) is 6.07 Å². The lowest BCUT2D eigenvalue weighted by Gasteiger charge is -2.16. The van der Waals surface area contributed by atoms with Crippen molar-refractivity contribution in [1.82, 2.24) is 25.1 Å². The summed E-state index contributed by atoms with van der Waals surface area (Å²) in [6, 6.07) is 4.19. The Balaban J connectivity index is 2.23. The Morgan fingerprint density at radius 3 is 2.82 bits per heavy atom. The Hall–Kier alpha value is -1.75. The van der Waals surface area contributed by atoms with Crippen LogP contribution in [-0.4, -0.2) is 26.8 Å². The molecule has 2 heterocycles. The van der Waals surface area contributed by atoms with Gasteiger partial charge in [-0.2, -0.15) is 5.10 Å². The Bertz CT molecular complexity index is 491. The molecule has 1 unspecified atom stereocenters. The van der Waals surface area contributed by atoms with Crippen molar-refractivity contribution in [2.45, 2.75) is 19.4 Å². The van der Waals surface area contributed by atoms with Gasteiger partial charge >= 0.3 is 0 Å². The standard InChI is InChI=1S/C12H17N5/c1-9-5-4-6-14-12(9)10(13-2)7-11-15-8-16-17(11)3/h4-6,8,10,13H,7H2,1-3H3. The summed E-state index contributed by atoms with van der Waals surface area (Å²) in [7, 11) is 3.84. The Morgan fingerprint density at radius 1 is 1.41 bits per heavy atom. The molecule has 5 nitrogen and oxygen atoms in total. The Kier molecular flexibility index (Phi) is 3.49. The first kappa shape index (κ1) is 11.7. The molecule has 2 rings (SSSR count). The third kappa shape index (κ3) is 2.50. The van der Waals surface area contributed by atoms with Crippen LogP contribution in [0.3, 0.4) is 0 Å². The molecule has 0 aliphatic heterocycles. The molecule has 0 aliphatic rings. The average Bonchev–Trinajstić information content (AvgIpc) is 2.73. The van der Waals surface area contributed by atoms with Gasteiger partial charge in [0, 0.05) is 19.7 Å². The van der Waals surface area contributed by atoms with Crippen LogP contribution in [-0.2, 0) is 13.5 Å². The summed E-state index contributed by atoms with van der Waals surface area (Å²) in [5.41, 5.74) is 2.26. The molecule has 0 aromatic carbocycles. The first-order chi connectivity index (χ1) is 8.22. The molecule has 0 aliphatic carbocycles. The lowest BCUT2D eigenvalue weighted by molar-refractivity contribution is 0.538. The molecule has 5 heteroatoms. The summed E-state index contributed by atoms with van der Waals surface area (Å²) in [5, 5.41) is 7.36. The molecule has 1 N–H and O–H groups in total. The highest BCUT2D eigenvalue weighted by Gasteiger charge is 2.16. The fraction of sp³-hybridized carbons (Fsp3) is 0.417. The predicted molar refractivity (Wildman–Crippen MR) is 65.5 cm³/mol. The van der Waals surface area contributed by atoms with E-state index in [0.29, 0.717) is 0 Å². The van der Waals surface area contributed by atoms with Crippen molar-refractivity contribution in [2.24, 2.45) is 7.05 Å². The zero-order valence-electron chi connectivity index (χ0n) is 10.4. The molecule has 17 heavy (non-hydrogen) atoms. The van der Waals surface area contributed by atoms with Crippen LogP contribution in [0.1, 0.15) is 23.1 Å². The van der Waals surface area contributed by atoms with E-state index in [1.54, 1.807) is 11.0 Å². The lowest BCUT2D eigenvalue weighted by Crippen LogP contribution is -2.22. The fourth-order valence-corrected chi connectivity index (χ4v) is 1.89. The smallest absolute Gasteiger partial charge is 0.138 e. The minimum absolute atomic E-state index is 0.166. The van der Waals surface area contributed by atoms with E-state index in [2.05, 4.69) is 33.4 Å². The quantitative estimate of drug-likeness (QED) is 0.853. The monoisotopic (exact) mass is 231 g/mol. The van der Waals surface area contributed by atoms with Gasteiger partial charge in [-0.3, -0.25) is 9.67 Å². The number of aryl methyl sites for hydroxylation is 2. The van der Waals surface area contributed by atoms with Gasteiger partial charge < -0.3 is 5.32 Å². The van der Waals surface area contributed by atoms with Crippen molar-refractivity contribution in [3.63, 3.8) is 0 Å². The maximum atomic E-state index is 4.44. The molecule has 2 aromatic rings. The Labute approximate surface area is 101 Å². The molecule has 0 saturated carbocycles. The van der Waals surface area contributed by atoms with Crippen molar-refractivity contribution in [3.8, 4) is 0 Å². The topological polar surface area (TPSA) is 55.6 Å². The van der Waals surface area contributed by atoms with E-state index in [-0.39, 0.29) is 6.04 Å². The number of rotatable bonds is 4. The molecule has 1 atom stereocenters. The maximum absolute atomic E-state index is 4.44. The Morgan fingerprint density at radius 2 is 2.24 bits per heavy atom. The van der Waals surface area contributed by atoms with Crippen LogP contribution in [0.25, 0.3) is 0 Å². The second-order valence-electron chi connectivity index (χ2n) is 4.05. The fourth-order valence-electron chi connectivity index (χ4n) is 1.89. The van der Waals surface area contributed by atoms with Crippen molar-refractivity contribution < 1.29 is 0 Å². The molecule has 0 saturated heterocycles. The highest BCUT2D eigenvalue weighted by Crippen LogP contribution is 2.17. The summed E-state index contributed by atoms with van der Waals surface area (Å²) in [4.78, 5) is 8.68. The van der Waals surface area contributed by atoms with Crippen LogP contribution in [0.4, 0.5) is 0 Å². The molecule has 2 aromatic heterocycles. The highest BCUT2D eigenvalue weighted by atomic mass is 15.3. The van der Waals surface area contributed by atoms with Gasteiger partial charge in [0.25, 0.3) is 0 Å². The second-order valence-corrected chi connectivity index (χ2v) is 4.05. The maximum Gasteiger partial charge on any atom is 0.138 e. The van der Waals surface area contributed by atoms with Crippen LogP contribution < -0.4 is 5.32 Å².